The lowest BCUT2D eigenvalue weighted by Crippen LogP contribution is -2.28. The fourth-order valence-corrected chi connectivity index (χ4v) is 1.22. The summed E-state index contributed by atoms with van der Waals surface area (Å²) in [6.45, 7) is 0.100. The van der Waals surface area contributed by atoms with Gasteiger partial charge in [0.15, 0.2) is 6.61 Å². The van der Waals surface area contributed by atoms with Crippen LogP contribution in [-0.4, -0.2) is 18.5 Å². The van der Waals surface area contributed by atoms with E-state index in [0.717, 1.165) is 12.8 Å². The molecule has 16 heavy (non-hydrogen) atoms. The molecule has 0 unspecified atom stereocenters. The van der Waals surface area contributed by atoms with Crippen LogP contribution in [0.4, 0.5) is 0 Å². The van der Waals surface area contributed by atoms with Crippen LogP contribution in [0.5, 0.6) is 0 Å². The first kappa shape index (κ1) is 10.7. The number of hydrogen-bond acceptors (Lipinski definition) is 4. The van der Waals surface area contributed by atoms with Gasteiger partial charge in [-0.2, -0.15) is 0 Å². The molecule has 1 aliphatic carbocycles. The standard InChI is InChI=1S/C11H13NO4/c13-10(7-16-11(14)8-3-4-8)12-6-9-2-1-5-15-9/h1-2,5,8H,3-4,6-7H2,(H,12,13). The third-order valence-electron chi connectivity index (χ3n) is 2.30. The first-order valence-electron chi connectivity index (χ1n) is 5.21. The van der Waals surface area contributed by atoms with Crippen molar-refractivity contribution in [3.63, 3.8) is 0 Å². The van der Waals surface area contributed by atoms with Gasteiger partial charge in [-0.1, -0.05) is 0 Å². The lowest BCUT2D eigenvalue weighted by molar-refractivity contribution is -0.149. The highest BCUT2D eigenvalue weighted by molar-refractivity contribution is 5.81. The molecule has 1 aromatic rings. The number of carbonyl (C=O) groups excluding carboxylic acids is 2. The maximum absolute atomic E-state index is 11.3. The summed E-state index contributed by atoms with van der Waals surface area (Å²) in [5.74, 6) is 0.110. The minimum absolute atomic E-state index is 0.0258. The third kappa shape index (κ3) is 3.12. The predicted molar refractivity (Wildman–Crippen MR) is 54.2 cm³/mol. The van der Waals surface area contributed by atoms with E-state index in [-0.39, 0.29) is 24.4 Å². The van der Waals surface area contributed by atoms with E-state index in [2.05, 4.69) is 5.32 Å². The van der Waals surface area contributed by atoms with E-state index in [0.29, 0.717) is 12.3 Å². The SMILES string of the molecule is O=C(COC(=O)C1CC1)NCc1ccco1. The molecule has 2 rings (SSSR count). The molecule has 0 saturated heterocycles. The molecule has 5 heteroatoms. The molecule has 86 valence electrons. The number of carbonyl (C=O) groups is 2. The van der Waals surface area contributed by atoms with Crippen LogP contribution in [0.3, 0.4) is 0 Å². The zero-order valence-electron chi connectivity index (χ0n) is 8.77. The Hall–Kier alpha value is -1.78. The Labute approximate surface area is 92.8 Å². The molecule has 0 radical (unpaired) electrons. The average molecular weight is 223 g/mol. The maximum Gasteiger partial charge on any atom is 0.309 e. The summed E-state index contributed by atoms with van der Waals surface area (Å²) >= 11 is 0. The van der Waals surface area contributed by atoms with Crippen molar-refractivity contribution in [1.82, 2.24) is 5.32 Å². The summed E-state index contributed by atoms with van der Waals surface area (Å²) in [6.07, 6.45) is 3.30. The minimum Gasteiger partial charge on any atom is -0.467 e. The molecule has 0 aliphatic heterocycles. The zero-order valence-corrected chi connectivity index (χ0v) is 8.77. The van der Waals surface area contributed by atoms with Gasteiger partial charge in [0, 0.05) is 0 Å². The first-order chi connectivity index (χ1) is 7.75. The Balaban J connectivity index is 1.62. The second-order valence-electron chi connectivity index (χ2n) is 3.74. The molecule has 1 heterocycles. The highest BCUT2D eigenvalue weighted by Crippen LogP contribution is 2.29. The number of hydrogen-bond donors (Lipinski definition) is 1. The number of amides is 1. The Kier molecular flexibility index (Phi) is 3.24. The number of ether oxygens (including phenoxy) is 1. The quantitative estimate of drug-likeness (QED) is 0.751. The van der Waals surface area contributed by atoms with Gasteiger partial charge in [0.25, 0.3) is 5.91 Å². The molecule has 0 aromatic carbocycles. The van der Waals surface area contributed by atoms with Crippen LogP contribution in [-0.2, 0) is 20.9 Å². The molecule has 0 atom stereocenters. The zero-order chi connectivity index (χ0) is 11.4. The van der Waals surface area contributed by atoms with Crippen molar-refractivity contribution in [3.05, 3.63) is 24.2 Å². The number of furan rings is 1. The first-order valence-corrected chi connectivity index (χ1v) is 5.21. The second kappa shape index (κ2) is 4.83. The van der Waals surface area contributed by atoms with Crippen molar-refractivity contribution >= 4 is 11.9 Å². The Morgan fingerprint density at radius 2 is 2.31 bits per heavy atom. The fraction of sp³-hybridized carbons (Fsp3) is 0.455. The third-order valence-corrected chi connectivity index (χ3v) is 2.30. The molecule has 1 saturated carbocycles. The summed E-state index contributed by atoms with van der Waals surface area (Å²) in [6, 6.07) is 3.51. The molecular formula is C11H13NO4. The molecule has 0 bridgehead atoms. The normalized spacial score (nSPS) is 14.5. The van der Waals surface area contributed by atoms with E-state index in [1.54, 1.807) is 12.1 Å². The van der Waals surface area contributed by atoms with E-state index in [1.807, 2.05) is 0 Å². The predicted octanol–water partition coefficient (Wildman–Crippen LogP) is 0.849. The van der Waals surface area contributed by atoms with Gasteiger partial charge in [-0.3, -0.25) is 9.59 Å². The number of esters is 1. The van der Waals surface area contributed by atoms with Crippen molar-refractivity contribution in [1.29, 1.82) is 0 Å². The Morgan fingerprint density at radius 3 is 2.94 bits per heavy atom. The van der Waals surface area contributed by atoms with Crippen LogP contribution in [0.2, 0.25) is 0 Å². The lowest BCUT2D eigenvalue weighted by Gasteiger charge is -2.04. The van der Waals surface area contributed by atoms with Gasteiger partial charge in [-0.15, -0.1) is 0 Å². The van der Waals surface area contributed by atoms with Crippen LogP contribution < -0.4 is 5.32 Å². The van der Waals surface area contributed by atoms with Gasteiger partial charge >= 0.3 is 5.97 Å². The van der Waals surface area contributed by atoms with Crippen LogP contribution in [0.25, 0.3) is 0 Å². The number of nitrogens with one attached hydrogen (secondary N) is 1. The van der Waals surface area contributed by atoms with Gasteiger partial charge in [0.1, 0.15) is 5.76 Å². The average Bonchev–Trinajstić information content (AvgIpc) is 3.01. The van der Waals surface area contributed by atoms with Crippen molar-refractivity contribution in [3.8, 4) is 0 Å². The van der Waals surface area contributed by atoms with Crippen molar-refractivity contribution in [2.24, 2.45) is 5.92 Å². The molecule has 1 aliphatic rings. The van der Waals surface area contributed by atoms with E-state index < -0.39 is 0 Å². The molecule has 1 aromatic heterocycles. The monoisotopic (exact) mass is 223 g/mol. The van der Waals surface area contributed by atoms with Gasteiger partial charge in [-0.05, 0) is 25.0 Å². The van der Waals surface area contributed by atoms with Gasteiger partial charge < -0.3 is 14.5 Å². The van der Waals surface area contributed by atoms with Crippen LogP contribution in [0.15, 0.2) is 22.8 Å². The van der Waals surface area contributed by atoms with Crippen molar-refractivity contribution in [2.75, 3.05) is 6.61 Å². The van der Waals surface area contributed by atoms with E-state index in [1.165, 1.54) is 6.26 Å². The van der Waals surface area contributed by atoms with Crippen LogP contribution in [0, 0.1) is 5.92 Å². The van der Waals surface area contributed by atoms with E-state index in [9.17, 15) is 9.59 Å². The summed E-state index contributed by atoms with van der Waals surface area (Å²) in [7, 11) is 0. The molecule has 5 nitrogen and oxygen atoms in total. The largest absolute Gasteiger partial charge is 0.467 e. The Morgan fingerprint density at radius 1 is 1.50 bits per heavy atom. The molecule has 1 amide bonds. The lowest BCUT2D eigenvalue weighted by atomic mass is 10.4. The smallest absolute Gasteiger partial charge is 0.309 e. The van der Waals surface area contributed by atoms with Gasteiger partial charge in [0.05, 0.1) is 18.7 Å². The summed E-state index contributed by atoms with van der Waals surface area (Å²) in [5, 5.41) is 2.59. The molecule has 0 spiro atoms. The summed E-state index contributed by atoms with van der Waals surface area (Å²) in [4.78, 5) is 22.4. The second-order valence-corrected chi connectivity index (χ2v) is 3.74. The summed E-state index contributed by atoms with van der Waals surface area (Å²) in [5.41, 5.74) is 0. The Bertz CT molecular complexity index is 367. The van der Waals surface area contributed by atoms with E-state index in [4.69, 9.17) is 9.15 Å². The van der Waals surface area contributed by atoms with Crippen molar-refractivity contribution in [2.45, 2.75) is 19.4 Å². The van der Waals surface area contributed by atoms with Gasteiger partial charge in [0.2, 0.25) is 0 Å². The number of rotatable bonds is 5. The van der Waals surface area contributed by atoms with E-state index >= 15 is 0 Å². The molecular weight excluding hydrogens is 210 g/mol. The molecule has 1 N–H and O–H groups in total. The highest BCUT2D eigenvalue weighted by Gasteiger charge is 2.31. The van der Waals surface area contributed by atoms with Crippen LogP contribution in [0.1, 0.15) is 18.6 Å². The highest BCUT2D eigenvalue weighted by atomic mass is 16.5. The fourth-order valence-electron chi connectivity index (χ4n) is 1.22. The maximum atomic E-state index is 11.3. The summed E-state index contributed by atoms with van der Waals surface area (Å²) < 4.78 is 9.85. The molecule has 1 fully saturated rings. The topological polar surface area (TPSA) is 68.5 Å². The van der Waals surface area contributed by atoms with Gasteiger partial charge in [-0.25, -0.2) is 0 Å². The van der Waals surface area contributed by atoms with Crippen molar-refractivity contribution < 1.29 is 18.7 Å². The minimum atomic E-state index is -0.314. The van der Waals surface area contributed by atoms with Crippen LogP contribution >= 0.6 is 0 Å².